The summed E-state index contributed by atoms with van der Waals surface area (Å²) in [5.74, 6) is 0.406. The van der Waals surface area contributed by atoms with Crippen molar-refractivity contribution in [2.24, 2.45) is 0 Å². The van der Waals surface area contributed by atoms with E-state index in [-0.39, 0.29) is 18.6 Å². The molecule has 1 amide bonds. The Morgan fingerprint density at radius 2 is 2.44 bits per heavy atom. The van der Waals surface area contributed by atoms with E-state index in [4.69, 9.17) is 9.52 Å². The number of hydrogen-bond acceptors (Lipinski definition) is 3. The summed E-state index contributed by atoms with van der Waals surface area (Å²) in [6, 6.07) is 3.42. The maximum absolute atomic E-state index is 11.4. The molecule has 2 N–H and O–H groups in total. The Morgan fingerprint density at radius 3 is 2.94 bits per heavy atom. The second-order valence-electron chi connectivity index (χ2n) is 3.27. The molecule has 1 aromatic heterocycles. The molecule has 88 valence electrons. The lowest BCUT2D eigenvalue weighted by Gasteiger charge is -2.11. The van der Waals surface area contributed by atoms with Gasteiger partial charge in [-0.2, -0.15) is 0 Å². The third-order valence-electron chi connectivity index (χ3n) is 2.05. The standard InChI is InChI=1S/C11H14INO3/c1-2-8(7-14)13-11(15)6-4-9-3-5-10(12)16-9/h3-6,8,14H,2,7H2,1H3,(H,13,15)/b6-4+. The van der Waals surface area contributed by atoms with Crippen molar-refractivity contribution in [3.8, 4) is 0 Å². The van der Waals surface area contributed by atoms with E-state index < -0.39 is 0 Å². The normalized spacial score (nSPS) is 12.9. The first-order valence-corrected chi connectivity index (χ1v) is 6.08. The van der Waals surface area contributed by atoms with Crippen molar-refractivity contribution in [1.29, 1.82) is 0 Å². The van der Waals surface area contributed by atoms with E-state index in [9.17, 15) is 4.79 Å². The largest absolute Gasteiger partial charge is 0.451 e. The molecule has 0 bridgehead atoms. The smallest absolute Gasteiger partial charge is 0.244 e. The Labute approximate surface area is 108 Å². The summed E-state index contributed by atoms with van der Waals surface area (Å²) in [5.41, 5.74) is 0. The van der Waals surface area contributed by atoms with E-state index in [0.29, 0.717) is 12.2 Å². The molecule has 5 heteroatoms. The molecule has 0 saturated heterocycles. The molecule has 1 aromatic rings. The van der Waals surface area contributed by atoms with Crippen LogP contribution >= 0.6 is 22.6 Å². The summed E-state index contributed by atoms with van der Waals surface area (Å²) in [6.45, 7) is 1.86. The minimum Gasteiger partial charge on any atom is -0.451 e. The number of carbonyl (C=O) groups is 1. The van der Waals surface area contributed by atoms with Gasteiger partial charge in [-0.25, -0.2) is 0 Å². The van der Waals surface area contributed by atoms with Crippen molar-refractivity contribution in [1.82, 2.24) is 5.32 Å². The van der Waals surface area contributed by atoms with Gasteiger partial charge in [0.15, 0.2) is 3.77 Å². The molecule has 4 nitrogen and oxygen atoms in total. The van der Waals surface area contributed by atoms with Crippen LogP contribution in [0.25, 0.3) is 6.08 Å². The van der Waals surface area contributed by atoms with Crippen molar-refractivity contribution in [2.75, 3.05) is 6.61 Å². The Morgan fingerprint density at radius 1 is 1.69 bits per heavy atom. The molecule has 16 heavy (non-hydrogen) atoms. The van der Waals surface area contributed by atoms with E-state index in [1.807, 2.05) is 13.0 Å². The number of furan rings is 1. The molecule has 0 aliphatic heterocycles. The molecule has 0 aliphatic rings. The van der Waals surface area contributed by atoms with Crippen LogP contribution in [0.15, 0.2) is 22.6 Å². The zero-order chi connectivity index (χ0) is 12.0. The van der Waals surface area contributed by atoms with Crippen LogP contribution in [0.3, 0.4) is 0 Å². The maximum Gasteiger partial charge on any atom is 0.244 e. The molecule has 0 radical (unpaired) electrons. The lowest BCUT2D eigenvalue weighted by molar-refractivity contribution is -0.117. The van der Waals surface area contributed by atoms with Crippen LogP contribution < -0.4 is 5.32 Å². The van der Waals surface area contributed by atoms with Gasteiger partial charge in [0.25, 0.3) is 0 Å². The molecule has 1 heterocycles. The Hall–Kier alpha value is -0.820. The fourth-order valence-electron chi connectivity index (χ4n) is 1.10. The number of carbonyl (C=O) groups excluding carboxylic acids is 1. The van der Waals surface area contributed by atoms with Crippen LogP contribution in [0.4, 0.5) is 0 Å². The van der Waals surface area contributed by atoms with E-state index in [2.05, 4.69) is 27.9 Å². The van der Waals surface area contributed by atoms with Crippen LogP contribution in [-0.2, 0) is 4.79 Å². The van der Waals surface area contributed by atoms with Gasteiger partial charge in [0.2, 0.25) is 5.91 Å². The average molecular weight is 335 g/mol. The molecule has 0 saturated carbocycles. The minimum atomic E-state index is -0.229. The highest BCUT2D eigenvalue weighted by Crippen LogP contribution is 2.11. The zero-order valence-corrected chi connectivity index (χ0v) is 11.1. The number of hydrogen-bond donors (Lipinski definition) is 2. The number of aliphatic hydroxyl groups is 1. The fraction of sp³-hybridized carbons (Fsp3) is 0.364. The lowest BCUT2D eigenvalue weighted by atomic mass is 10.2. The zero-order valence-electron chi connectivity index (χ0n) is 8.94. The number of amides is 1. The van der Waals surface area contributed by atoms with Gasteiger partial charge in [0, 0.05) is 6.08 Å². The average Bonchev–Trinajstić information content (AvgIpc) is 2.69. The number of aliphatic hydroxyl groups excluding tert-OH is 1. The monoisotopic (exact) mass is 335 g/mol. The number of halogens is 1. The van der Waals surface area contributed by atoms with Gasteiger partial charge in [-0.3, -0.25) is 4.79 Å². The van der Waals surface area contributed by atoms with Crippen molar-refractivity contribution >= 4 is 34.6 Å². The highest BCUT2D eigenvalue weighted by molar-refractivity contribution is 14.1. The predicted octanol–water partition coefficient (Wildman–Crippen LogP) is 1.78. The first-order chi connectivity index (χ1) is 7.65. The van der Waals surface area contributed by atoms with Gasteiger partial charge in [-0.1, -0.05) is 6.92 Å². The number of nitrogens with one attached hydrogen (secondary N) is 1. The van der Waals surface area contributed by atoms with Crippen molar-refractivity contribution in [3.05, 3.63) is 27.7 Å². The third-order valence-corrected chi connectivity index (χ3v) is 2.63. The van der Waals surface area contributed by atoms with Crippen LogP contribution in [0.5, 0.6) is 0 Å². The molecular formula is C11H14INO3. The Kier molecular flexibility index (Phi) is 5.54. The van der Waals surface area contributed by atoms with Crippen molar-refractivity contribution < 1.29 is 14.3 Å². The lowest BCUT2D eigenvalue weighted by Crippen LogP contribution is -2.35. The van der Waals surface area contributed by atoms with Crippen LogP contribution in [0, 0.1) is 3.77 Å². The topological polar surface area (TPSA) is 62.5 Å². The quantitative estimate of drug-likeness (QED) is 0.637. The molecule has 0 aromatic carbocycles. The molecule has 1 rings (SSSR count). The molecule has 0 spiro atoms. The van der Waals surface area contributed by atoms with E-state index in [1.54, 1.807) is 12.1 Å². The summed E-state index contributed by atoms with van der Waals surface area (Å²) in [7, 11) is 0. The van der Waals surface area contributed by atoms with Gasteiger partial charge >= 0.3 is 0 Å². The highest BCUT2D eigenvalue weighted by Gasteiger charge is 2.06. The first kappa shape index (κ1) is 13.2. The molecule has 0 fully saturated rings. The minimum absolute atomic E-state index is 0.0469. The van der Waals surface area contributed by atoms with E-state index in [1.165, 1.54) is 6.08 Å². The van der Waals surface area contributed by atoms with Crippen LogP contribution in [-0.4, -0.2) is 23.7 Å². The summed E-state index contributed by atoms with van der Waals surface area (Å²) in [6.07, 6.45) is 3.70. The number of rotatable bonds is 5. The van der Waals surface area contributed by atoms with Crippen LogP contribution in [0.2, 0.25) is 0 Å². The maximum atomic E-state index is 11.4. The molecular weight excluding hydrogens is 321 g/mol. The Balaban J connectivity index is 2.48. The molecule has 0 aliphatic carbocycles. The van der Waals surface area contributed by atoms with Crippen LogP contribution in [0.1, 0.15) is 19.1 Å². The predicted molar refractivity (Wildman–Crippen MR) is 69.8 cm³/mol. The second kappa shape index (κ2) is 6.70. The van der Waals surface area contributed by atoms with E-state index in [0.717, 1.165) is 3.77 Å². The molecule has 1 unspecified atom stereocenters. The van der Waals surface area contributed by atoms with Gasteiger partial charge in [-0.15, -0.1) is 0 Å². The summed E-state index contributed by atoms with van der Waals surface area (Å²) < 4.78 is 6.04. The van der Waals surface area contributed by atoms with Crippen molar-refractivity contribution in [3.63, 3.8) is 0 Å². The highest BCUT2D eigenvalue weighted by atomic mass is 127. The SMILES string of the molecule is CCC(CO)NC(=O)/C=C/c1ccc(I)o1. The van der Waals surface area contributed by atoms with Gasteiger partial charge in [-0.05, 0) is 47.2 Å². The van der Waals surface area contributed by atoms with Crippen molar-refractivity contribution in [2.45, 2.75) is 19.4 Å². The summed E-state index contributed by atoms with van der Waals surface area (Å²) in [5, 5.41) is 11.6. The fourth-order valence-corrected chi connectivity index (χ4v) is 1.54. The first-order valence-electron chi connectivity index (χ1n) is 5.00. The van der Waals surface area contributed by atoms with E-state index >= 15 is 0 Å². The van der Waals surface area contributed by atoms with Gasteiger partial charge in [0.05, 0.1) is 12.6 Å². The second-order valence-corrected chi connectivity index (χ2v) is 4.33. The third kappa shape index (κ3) is 4.36. The van der Waals surface area contributed by atoms with Gasteiger partial charge in [0.1, 0.15) is 5.76 Å². The Bertz CT molecular complexity index is 369. The summed E-state index contributed by atoms with van der Waals surface area (Å²) >= 11 is 2.06. The molecule has 1 atom stereocenters. The summed E-state index contributed by atoms with van der Waals surface area (Å²) in [4.78, 5) is 11.4. The van der Waals surface area contributed by atoms with Gasteiger partial charge < -0.3 is 14.8 Å².